The molecule has 0 aliphatic carbocycles. The van der Waals surface area contributed by atoms with E-state index >= 15 is 0 Å². The van der Waals surface area contributed by atoms with Crippen LogP contribution in [-0.2, 0) is 4.74 Å². The van der Waals surface area contributed by atoms with Crippen LogP contribution >= 0.6 is 0 Å². The SMILES string of the molecule is C=CCOC(=O)N(C)C(C)C(F)(F)F. The molecule has 0 rings (SSSR count). The fourth-order valence-electron chi connectivity index (χ4n) is 0.610. The van der Waals surface area contributed by atoms with Crippen molar-refractivity contribution in [2.75, 3.05) is 13.7 Å². The zero-order valence-electron chi connectivity index (χ0n) is 7.97. The van der Waals surface area contributed by atoms with Gasteiger partial charge in [0, 0.05) is 7.05 Å². The van der Waals surface area contributed by atoms with E-state index < -0.39 is 18.3 Å². The van der Waals surface area contributed by atoms with Gasteiger partial charge in [-0.1, -0.05) is 12.7 Å². The molecule has 0 aromatic carbocycles. The van der Waals surface area contributed by atoms with Gasteiger partial charge < -0.3 is 4.74 Å². The number of carbonyl (C=O) groups excluding carboxylic acids is 1. The monoisotopic (exact) mass is 211 g/mol. The standard InChI is InChI=1S/C8H12F3NO2/c1-4-5-14-7(13)12(3)6(2)8(9,10)11/h4,6H,1,5H2,2-3H3. The molecule has 0 spiro atoms. The molecule has 0 aromatic rings. The predicted octanol–water partition coefficient (Wildman–Crippen LogP) is 2.19. The van der Waals surface area contributed by atoms with E-state index in [9.17, 15) is 18.0 Å². The largest absolute Gasteiger partial charge is 0.445 e. The van der Waals surface area contributed by atoms with Crippen molar-refractivity contribution >= 4 is 6.09 Å². The average Bonchev–Trinajstić information content (AvgIpc) is 2.10. The summed E-state index contributed by atoms with van der Waals surface area (Å²) in [7, 11) is 1.03. The summed E-state index contributed by atoms with van der Waals surface area (Å²) in [6.07, 6.45) is -4.18. The second-order valence-electron chi connectivity index (χ2n) is 2.69. The number of halogens is 3. The number of hydrogen-bond acceptors (Lipinski definition) is 2. The second kappa shape index (κ2) is 4.88. The quantitative estimate of drug-likeness (QED) is 0.669. The molecule has 0 bridgehead atoms. The van der Waals surface area contributed by atoms with Crippen LogP contribution in [0.3, 0.4) is 0 Å². The zero-order valence-corrected chi connectivity index (χ0v) is 7.97. The molecule has 0 heterocycles. The summed E-state index contributed by atoms with van der Waals surface area (Å²) in [5, 5.41) is 0. The van der Waals surface area contributed by atoms with E-state index in [1.807, 2.05) is 0 Å². The molecule has 0 aromatic heterocycles. The zero-order chi connectivity index (χ0) is 11.4. The first kappa shape index (κ1) is 12.8. The van der Waals surface area contributed by atoms with Gasteiger partial charge >= 0.3 is 12.3 Å². The summed E-state index contributed by atoms with van der Waals surface area (Å²) < 4.78 is 40.8. The Morgan fingerprint density at radius 3 is 2.50 bits per heavy atom. The van der Waals surface area contributed by atoms with Crippen LogP contribution < -0.4 is 0 Å². The molecule has 0 saturated heterocycles. The van der Waals surface area contributed by atoms with Crippen molar-refractivity contribution in [2.45, 2.75) is 19.1 Å². The maximum atomic E-state index is 12.1. The number of carbonyl (C=O) groups is 1. The number of hydrogen-bond donors (Lipinski definition) is 0. The highest BCUT2D eigenvalue weighted by molar-refractivity contribution is 5.67. The molecule has 0 saturated carbocycles. The van der Waals surface area contributed by atoms with E-state index in [0.29, 0.717) is 4.90 Å². The fraction of sp³-hybridized carbons (Fsp3) is 0.625. The van der Waals surface area contributed by atoms with Crippen LogP contribution in [0.1, 0.15) is 6.92 Å². The third-order valence-electron chi connectivity index (χ3n) is 1.67. The van der Waals surface area contributed by atoms with Gasteiger partial charge in [-0.25, -0.2) is 4.79 Å². The van der Waals surface area contributed by atoms with Crippen molar-refractivity contribution in [3.05, 3.63) is 12.7 Å². The van der Waals surface area contributed by atoms with Gasteiger partial charge in [-0.3, -0.25) is 4.90 Å². The van der Waals surface area contributed by atoms with Gasteiger partial charge in [-0.2, -0.15) is 13.2 Å². The highest BCUT2D eigenvalue weighted by atomic mass is 19.4. The Kier molecular flexibility index (Phi) is 4.46. The minimum Gasteiger partial charge on any atom is -0.445 e. The summed E-state index contributed by atoms with van der Waals surface area (Å²) in [4.78, 5) is 11.4. The van der Waals surface area contributed by atoms with Gasteiger partial charge in [0.2, 0.25) is 0 Å². The molecular weight excluding hydrogens is 199 g/mol. The molecule has 0 aliphatic rings. The van der Waals surface area contributed by atoms with Crippen molar-refractivity contribution in [3.63, 3.8) is 0 Å². The minimum atomic E-state index is -4.44. The highest BCUT2D eigenvalue weighted by Crippen LogP contribution is 2.23. The lowest BCUT2D eigenvalue weighted by molar-refractivity contribution is -0.170. The van der Waals surface area contributed by atoms with E-state index in [0.717, 1.165) is 14.0 Å². The van der Waals surface area contributed by atoms with Crippen LogP contribution in [0.2, 0.25) is 0 Å². The summed E-state index contributed by atoms with van der Waals surface area (Å²) in [5.41, 5.74) is 0. The van der Waals surface area contributed by atoms with Crippen LogP contribution in [0.25, 0.3) is 0 Å². The molecule has 0 aliphatic heterocycles. The maximum absolute atomic E-state index is 12.1. The van der Waals surface area contributed by atoms with Crippen molar-refractivity contribution in [2.24, 2.45) is 0 Å². The lowest BCUT2D eigenvalue weighted by atomic mass is 10.3. The molecule has 0 N–H and O–H groups in total. The number of rotatable bonds is 3. The first-order valence-corrected chi connectivity index (χ1v) is 3.88. The van der Waals surface area contributed by atoms with E-state index in [4.69, 9.17) is 0 Å². The highest BCUT2D eigenvalue weighted by Gasteiger charge is 2.40. The van der Waals surface area contributed by atoms with E-state index in [1.165, 1.54) is 6.08 Å². The van der Waals surface area contributed by atoms with Crippen molar-refractivity contribution in [1.82, 2.24) is 4.90 Å². The summed E-state index contributed by atoms with van der Waals surface area (Å²) >= 11 is 0. The van der Waals surface area contributed by atoms with Gasteiger partial charge in [-0.15, -0.1) is 0 Å². The number of nitrogens with zero attached hydrogens (tertiary/aromatic N) is 1. The van der Waals surface area contributed by atoms with Crippen LogP contribution in [0.5, 0.6) is 0 Å². The Morgan fingerprint density at radius 2 is 2.14 bits per heavy atom. The number of alkyl halides is 3. The number of ether oxygens (including phenoxy) is 1. The first-order valence-electron chi connectivity index (χ1n) is 3.88. The summed E-state index contributed by atoms with van der Waals surface area (Å²) in [5.74, 6) is 0. The Morgan fingerprint density at radius 1 is 1.64 bits per heavy atom. The maximum Gasteiger partial charge on any atom is 0.410 e. The Balaban J connectivity index is 4.24. The molecular formula is C8H12F3NO2. The molecule has 1 atom stereocenters. The molecule has 3 nitrogen and oxygen atoms in total. The summed E-state index contributed by atoms with van der Waals surface area (Å²) in [6.45, 7) is 4.05. The lowest BCUT2D eigenvalue weighted by Crippen LogP contribution is -2.44. The van der Waals surface area contributed by atoms with Crippen LogP contribution in [-0.4, -0.2) is 36.9 Å². The Hall–Kier alpha value is -1.20. The topological polar surface area (TPSA) is 29.5 Å². The van der Waals surface area contributed by atoms with Crippen LogP contribution in [0, 0.1) is 0 Å². The molecule has 1 amide bonds. The minimum absolute atomic E-state index is 0.103. The van der Waals surface area contributed by atoms with Gasteiger partial charge in [0.25, 0.3) is 0 Å². The Labute approximate surface area is 80.1 Å². The van der Waals surface area contributed by atoms with E-state index in [-0.39, 0.29) is 6.61 Å². The van der Waals surface area contributed by atoms with Crippen LogP contribution in [0.15, 0.2) is 12.7 Å². The van der Waals surface area contributed by atoms with E-state index in [2.05, 4.69) is 11.3 Å². The fourth-order valence-corrected chi connectivity index (χ4v) is 0.610. The molecule has 14 heavy (non-hydrogen) atoms. The molecule has 82 valence electrons. The third-order valence-corrected chi connectivity index (χ3v) is 1.67. The first-order chi connectivity index (χ1) is 6.30. The average molecular weight is 211 g/mol. The number of amides is 1. The van der Waals surface area contributed by atoms with E-state index in [1.54, 1.807) is 0 Å². The molecule has 0 radical (unpaired) electrons. The van der Waals surface area contributed by atoms with Gasteiger partial charge in [0.05, 0.1) is 0 Å². The van der Waals surface area contributed by atoms with Gasteiger partial charge in [0.15, 0.2) is 0 Å². The van der Waals surface area contributed by atoms with Crippen molar-refractivity contribution < 1.29 is 22.7 Å². The second-order valence-corrected chi connectivity index (χ2v) is 2.69. The molecule has 6 heteroatoms. The van der Waals surface area contributed by atoms with Crippen LogP contribution in [0.4, 0.5) is 18.0 Å². The van der Waals surface area contributed by atoms with Gasteiger partial charge in [-0.05, 0) is 6.92 Å². The third kappa shape index (κ3) is 3.68. The smallest absolute Gasteiger partial charge is 0.410 e. The normalized spacial score (nSPS) is 13.2. The van der Waals surface area contributed by atoms with Gasteiger partial charge in [0.1, 0.15) is 12.6 Å². The van der Waals surface area contributed by atoms with Crippen molar-refractivity contribution in [1.29, 1.82) is 0 Å². The lowest BCUT2D eigenvalue weighted by Gasteiger charge is -2.25. The predicted molar refractivity (Wildman–Crippen MR) is 44.8 cm³/mol. The summed E-state index contributed by atoms with van der Waals surface area (Å²) in [6, 6.07) is -1.86. The Bertz CT molecular complexity index is 215. The molecule has 1 unspecified atom stereocenters. The molecule has 0 fully saturated rings. The van der Waals surface area contributed by atoms with Crippen molar-refractivity contribution in [3.8, 4) is 0 Å².